The third kappa shape index (κ3) is 8.59. The van der Waals surface area contributed by atoms with Crippen LogP contribution in [-0.4, -0.2) is 112 Å². The molecule has 1 aromatic heterocycles. The molecule has 13 nitrogen and oxygen atoms in total. The average Bonchev–Trinajstić information content (AvgIpc) is 3.72. The van der Waals surface area contributed by atoms with Gasteiger partial charge in [0, 0.05) is 37.1 Å². The zero-order valence-electron chi connectivity index (χ0n) is 27.8. The van der Waals surface area contributed by atoms with Gasteiger partial charge < -0.3 is 28.6 Å². The first-order chi connectivity index (χ1) is 24.8. The van der Waals surface area contributed by atoms with Gasteiger partial charge in [-0.25, -0.2) is 9.37 Å². The Hall–Kier alpha value is -4.35. The highest BCUT2D eigenvalue weighted by molar-refractivity contribution is 7.14. The van der Waals surface area contributed by atoms with Crippen LogP contribution in [0.1, 0.15) is 45.5 Å². The van der Waals surface area contributed by atoms with Crippen molar-refractivity contribution in [3.05, 3.63) is 64.0 Å². The molecule has 2 saturated heterocycles. The molecule has 3 aromatic rings. The summed E-state index contributed by atoms with van der Waals surface area (Å²) >= 11 is 1.42. The maximum absolute atomic E-state index is 14.7. The summed E-state index contributed by atoms with van der Waals surface area (Å²) in [4.78, 5) is 57.7. The molecule has 4 heterocycles. The van der Waals surface area contributed by atoms with Crippen LogP contribution in [-0.2, 0) is 35.0 Å². The number of imide groups is 2. The van der Waals surface area contributed by atoms with Crippen LogP contribution in [0.4, 0.5) is 13.9 Å². The minimum atomic E-state index is -1.08. The van der Waals surface area contributed by atoms with Gasteiger partial charge >= 0.3 is 0 Å². The van der Waals surface area contributed by atoms with E-state index >= 15 is 0 Å². The van der Waals surface area contributed by atoms with E-state index in [2.05, 4.69) is 15.2 Å². The molecular formula is C35H38F2N4O9S. The number of morpholine rings is 1. The fourth-order valence-corrected chi connectivity index (χ4v) is 6.94. The van der Waals surface area contributed by atoms with Gasteiger partial charge in [-0.1, -0.05) is 12.1 Å². The largest absolute Gasteiger partial charge is 0.487 e. The average molecular weight is 729 g/mol. The Morgan fingerprint density at radius 3 is 2.35 bits per heavy atom. The molecule has 0 spiro atoms. The lowest BCUT2D eigenvalue weighted by Crippen LogP contribution is -2.54. The molecule has 0 radical (unpaired) electrons. The van der Waals surface area contributed by atoms with Gasteiger partial charge in [0.2, 0.25) is 17.6 Å². The SMILES string of the molecule is O=C1CCC(N2C(=O)c3cccc(CCCOCCOCCOCCOc4c(-c5csc(N6CCOCC6)n5)ccc(F)c4F)c3C2=O)C(=O)N1. The van der Waals surface area contributed by atoms with Crippen molar-refractivity contribution in [1.82, 2.24) is 15.2 Å². The number of amides is 4. The number of rotatable bonds is 17. The van der Waals surface area contributed by atoms with Crippen LogP contribution in [0, 0.1) is 11.6 Å². The Morgan fingerprint density at radius 1 is 0.882 bits per heavy atom. The first-order valence-electron chi connectivity index (χ1n) is 16.8. The topological polar surface area (TPSA) is 146 Å². The lowest BCUT2D eigenvalue weighted by Gasteiger charge is -2.27. The number of hydrogen-bond acceptors (Lipinski definition) is 12. The Balaban J connectivity index is 0.853. The van der Waals surface area contributed by atoms with E-state index in [1.165, 1.54) is 17.4 Å². The van der Waals surface area contributed by atoms with E-state index in [1.807, 2.05) is 0 Å². The molecule has 0 aliphatic carbocycles. The number of thiazole rings is 1. The van der Waals surface area contributed by atoms with Crippen molar-refractivity contribution in [3.63, 3.8) is 0 Å². The summed E-state index contributed by atoms with van der Waals surface area (Å²) in [5.74, 6) is -4.42. The quantitative estimate of drug-likeness (QED) is 0.161. The Bertz CT molecular complexity index is 1750. The molecule has 3 aliphatic rings. The van der Waals surface area contributed by atoms with Crippen molar-refractivity contribution in [2.75, 3.05) is 77.5 Å². The number of halogens is 2. The molecule has 2 fully saturated rings. The highest BCUT2D eigenvalue weighted by Crippen LogP contribution is 2.36. The lowest BCUT2D eigenvalue weighted by molar-refractivity contribution is -0.136. The van der Waals surface area contributed by atoms with Crippen LogP contribution in [0.15, 0.2) is 35.7 Å². The van der Waals surface area contributed by atoms with Gasteiger partial charge in [0.1, 0.15) is 12.6 Å². The van der Waals surface area contributed by atoms with Crippen LogP contribution >= 0.6 is 11.3 Å². The molecule has 6 rings (SSSR count). The molecule has 16 heteroatoms. The Kier molecular flexibility index (Phi) is 12.3. The van der Waals surface area contributed by atoms with Gasteiger partial charge in [0.25, 0.3) is 11.8 Å². The fourth-order valence-electron chi connectivity index (χ4n) is 6.07. The smallest absolute Gasteiger partial charge is 0.262 e. The number of benzene rings is 2. The van der Waals surface area contributed by atoms with E-state index < -0.39 is 41.3 Å². The van der Waals surface area contributed by atoms with Gasteiger partial charge in [-0.05, 0) is 43.0 Å². The number of aryl methyl sites for hydroxylation is 1. The van der Waals surface area contributed by atoms with Crippen molar-refractivity contribution in [2.45, 2.75) is 31.7 Å². The summed E-state index contributed by atoms with van der Waals surface area (Å²) < 4.78 is 56.5. The summed E-state index contributed by atoms with van der Waals surface area (Å²) in [6, 6.07) is 6.57. The summed E-state index contributed by atoms with van der Waals surface area (Å²) in [5.41, 5.74) is 2.10. The van der Waals surface area contributed by atoms with Gasteiger partial charge in [-0.2, -0.15) is 4.39 Å². The van der Waals surface area contributed by atoms with Gasteiger partial charge in [0.05, 0.1) is 63.1 Å². The van der Waals surface area contributed by atoms with Crippen LogP contribution in [0.3, 0.4) is 0 Å². The first-order valence-corrected chi connectivity index (χ1v) is 17.7. The fraction of sp³-hybridized carbons (Fsp3) is 0.457. The molecule has 3 aliphatic heterocycles. The molecule has 1 unspecified atom stereocenters. The summed E-state index contributed by atoms with van der Waals surface area (Å²) in [6.07, 6.45) is 1.24. The number of carbonyl (C=O) groups excluding carboxylic acids is 4. The lowest BCUT2D eigenvalue weighted by atomic mass is 9.99. The van der Waals surface area contributed by atoms with Crippen molar-refractivity contribution in [1.29, 1.82) is 0 Å². The second-order valence-electron chi connectivity index (χ2n) is 11.9. The summed E-state index contributed by atoms with van der Waals surface area (Å²) in [5, 5.41) is 4.78. The number of fused-ring (bicyclic) bond motifs is 1. The molecule has 4 amide bonds. The number of carbonyl (C=O) groups is 4. The second-order valence-corrected chi connectivity index (χ2v) is 12.8. The number of hydrogen-bond donors (Lipinski definition) is 1. The maximum Gasteiger partial charge on any atom is 0.262 e. The molecule has 1 N–H and O–H groups in total. The summed E-state index contributed by atoms with van der Waals surface area (Å²) in [6.45, 7) is 4.39. The van der Waals surface area contributed by atoms with E-state index in [4.69, 9.17) is 23.7 Å². The van der Waals surface area contributed by atoms with Crippen molar-refractivity contribution < 1.29 is 51.6 Å². The molecule has 272 valence electrons. The predicted molar refractivity (Wildman–Crippen MR) is 180 cm³/mol. The first kappa shape index (κ1) is 36.4. The zero-order valence-corrected chi connectivity index (χ0v) is 28.6. The normalized spacial score (nSPS) is 17.6. The van der Waals surface area contributed by atoms with Gasteiger partial charge in [-0.15, -0.1) is 11.3 Å². The van der Waals surface area contributed by atoms with E-state index in [-0.39, 0.29) is 44.0 Å². The van der Waals surface area contributed by atoms with E-state index in [0.717, 1.165) is 16.1 Å². The highest BCUT2D eigenvalue weighted by atomic mass is 32.1. The molecule has 0 saturated carbocycles. The van der Waals surface area contributed by atoms with E-state index in [9.17, 15) is 28.0 Å². The predicted octanol–water partition coefficient (Wildman–Crippen LogP) is 3.39. The van der Waals surface area contributed by atoms with E-state index in [0.29, 0.717) is 88.0 Å². The van der Waals surface area contributed by atoms with Crippen molar-refractivity contribution in [3.8, 4) is 17.0 Å². The van der Waals surface area contributed by atoms with Crippen molar-refractivity contribution >= 4 is 40.1 Å². The van der Waals surface area contributed by atoms with Gasteiger partial charge in [-0.3, -0.25) is 29.4 Å². The highest BCUT2D eigenvalue weighted by Gasteiger charge is 2.45. The molecular weight excluding hydrogens is 690 g/mol. The second kappa shape index (κ2) is 17.2. The van der Waals surface area contributed by atoms with Crippen LogP contribution in [0.25, 0.3) is 11.3 Å². The third-order valence-corrected chi connectivity index (χ3v) is 9.51. The van der Waals surface area contributed by atoms with Crippen LogP contribution in [0.2, 0.25) is 0 Å². The van der Waals surface area contributed by atoms with Crippen LogP contribution in [0.5, 0.6) is 5.75 Å². The maximum atomic E-state index is 14.7. The van der Waals surface area contributed by atoms with E-state index in [1.54, 1.807) is 23.6 Å². The standard InChI is InChI=1S/C35H38F2N4O9S/c36-25-7-6-23(26-21-51-35(38-26)40-10-13-47-14-11-40)31(30(25)37)50-20-19-49-18-17-48-16-15-46-12-2-4-22-3-1-5-24-29(22)34(45)41(33(24)44)27-8-9-28(42)39-32(27)43/h1,3,5-7,21,27H,2,4,8-20H2,(H,39,42,43). The monoisotopic (exact) mass is 728 g/mol. The number of aromatic nitrogens is 1. The number of piperidine rings is 1. The molecule has 1 atom stereocenters. The molecule has 2 aromatic carbocycles. The summed E-state index contributed by atoms with van der Waals surface area (Å²) in [7, 11) is 0. The van der Waals surface area contributed by atoms with Crippen molar-refractivity contribution in [2.24, 2.45) is 0 Å². The molecule has 51 heavy (non-hydrogen) atoms. The third-order valence-electron chi connectivity index (χ3n) is 8.61. The Morgan fingerprint density at radius 2 is 1.61 bits per heavy atom. The van der Waals surface area contributed by atoms with Crippen LogP contribution < -0.4 is 15.0 Å². The number of nitrogens with one attached hydrogen (secondary N) is 1. The Labute approximate surface area is 296 Å². The molecule has 0 bridgehead atoms. The number of nitrogens with zero attached hydrogens (tertiary/aromatic N) is 3. The zero-order chi connectivity index (χ0) is 35.7. The minimum Gasteiger partial charge on any atom is -0.487 e. The number of anilines is 1. The van der Waals surface area contributed by atoms with Gasteiger partial charge in [0.15, 0.2) is 16.7 Å². The number of ether oxygens (including phenoxy) is 5. The minimum absolute atomic E-state index is 0.00370.